The summed E-state index contributed by atoms with van der Waals surface area (Å²) in [6.45, 7) is 7.50. The summed E-state index contributed by atoms with van der Waals surface area (Å²) in [4.78, 5) is 61.4. The van der Waals surface area contributed by atoms with E-state index in [0.29, 0.717) is 65.2 Å². The minimum Gasteiger partial charge on any atom is -0.642 e. The first kappa shape index (κ1) is 36.9. The van der Waals surface area contributed by atoms with Crippen molar-refractivity contribution in [2.24, 2.45) is 5.16 Å². The van der Waals surface area contributed by atoms with E-state index in [0.717, 1.165) is 17.8 Å². The van der Waals surface area contributed by atoms with Gasteiger partial charge < -0.3 is 34.8 Å². The van der Waals surface area contributed by atoms with Crippen LogP contribution in [-0.4, -0.2) is 119 Å². The zero-order valence-electron chi connectivity index (χ0n) is 24.0. The predicted octanol–water partition coefficient (Wildman–Crippen LogP) is 0.667. The normalized spacial score (nSPS) is 15.9. The molecule has 3 N–H and O–H groups in total. The quantitative estimate of drug-likeness (QED) is 0.0721. The minimum atomic E-state index is -1.19. The van der Waals surface area contributed by atoms with E-state index in [2.05, 4.69) is 20.4 Å². The molecule has 0 aliphatic carbocycles. The predicted molar refractivity (Wildman–Crippen MR) is 148 cm³/mol. The molecule has 1 aliphatic heterocycles. The van der Waals surface area contributed by atoms with Crippen molar-refractivity contribution >= 4 is 30.5 Å². The van der Waals surface area contributed by atoms with Crippen molar-refractivity contribution in [2.45, 2.75) is 58.2 Å². The number of nitrogens with one attached hydrogen (secondary N) is 1. The second kappa shape index (κ2) is 21.6. The van der Waals surface area contributed by atoms with E-state index in [4.69, 9.17) is 9.57 Å². The fraction of sp³-hybridized carbons (Fsp3) is 0.630. The van der Waals surface area contributed by atoms with E-state index in [-0.39, 0.29) is 49.1 Å². The summed E-state index contributed by atoms with van der Waals surface area (Å²) in [5.41, 5.74) is 1.54. The van der Waals surface area contributed by atoms with Crippen molar-refractivity contribution < 1.29 is 56.0 Å². The molecule has 235 valence electrons. The fourth-order valence-electron chi connectivity index (χ4n) is 4.18. The van der Waals surface area contributed by atoms with Crippen LogP contribution in [0.1, 0.15) is 50.4 Å². The Kier molecular flexibility index (Phi) is 19.0. The zero-order valence-corrected chi connectivity index (χ0v) is 25.1. The summed E-state index contributed by atoms with van der Waals surface area (Å²) >= 11 is 0. The molecule has 1 aromatic heterocycles. The number of oxime groups is 1. The first-order chi connectivity index (χ1) is 19.8. The number of amides is 1. The van der Waals surface area contributed by atoms with Gasteiger partial charge in [0.15, 0.2) is 0 Å². The molecule has 15 heteroatoms. The maximum absolute atomic E-state index is 12.3. The molecule has 1 unspecified atom stereocenters. The third kappa shape index (κ3) is 15.8. The number of aliphatic carboxylic acids is 2. The molecule has 2 rings (SSSR count). The van der Waals surface area contributed by atoms with Crippen LogP contribution in [0.3, 0.4) is 0 Å². The number of carbonyl (C=O) groups excluding carboxylic acids is 2. The number of nitrogens with zero attached hydrogens (tertiary/aromatic N) is 5. The van der Waals surface area contributed by atoms with Crippen molar-refractivity contribution in [1.29, 1.82) is 0 Å². The number of unbranched alkanes of at least 4 members (excludes halogenated alkanes) is 1. The third-order valence-electron chi connectivity index (χ3n) is 6.33. The van der Waals surface area contributed by atoms with Crippen LogP contribution in [0.15, 0.2) is 23.4 Å². The van der Waals surface area contributed by atoms with Gasteiger partial charge in [0.25, 0.3) is 0 Å². The van der Waals surface area contributed by atoms with Crippen molar-refractivity contribution in [3.05, 3.63) is 29.6 Å². The van der Waals surface area contributed by atoms with Gasteiger partial charge in [-0.15, -0.1) is 0 Å². The number of rotatable bonds is 17. The molecule has 0 saturated carbocycles. The summed E-state index contributed by atoms with van der Waals surface area (Å²) in [7, 11) is 0. The van der Waals surface area contributed by atoms with Gasteiger partial charge in [-0.1, -0.05) is 31.0 Å². The number of carboxylic acids is 2. The van der Waals surface area contributed by atoms with Crippen LogP contribution in [0, 0.1) is 0 Å². The number of carbonyl (C=O) groups is 3. The molecule has 2 bridgehead atoms. The zero-order chi connectivity index (χ0) is 29.9. The largest absolute Gasteiger partial charge is 0.642 e. The van der Waals surface area contributed by atoms with E-state index in [1.54, 1.807) is 0 Å². The second-order valence-electron chi connectivity index (χ2n) is 9.73. The standard InChI is InChI=1S/C27H41N6O8.Mn/c1-2-3-11-29-41-24(27(38)39)8-9-25(35)28-10-5-12-31-13-15-32(19-26(36)37)17-22-6-4-7-23(30-22)18-33(16-14-31)20-40-21-34;/h4,6-7,11,24H,2-3,5,8-10,12-20H2,1H3,(H,28,35)(H,36,37)(H,38,39);/q-1;/b29-11+;. The molecule has 14 nitrogen and oxygen atoms in total. The number of carboxylic acid groups (broad SMARTS) is 2. The average Bonchev–Trinajstić information content (AvgIpc) is 2.93. The van der Waals surface area contributed by atoms with Gasteiger partial charge in [-0.25, -0.2) is 4.79 Å². The number of aromatic nitrogens is 1. The van der Waals surface area contributed by atoms with Gasteiger partial charge in [-0.2, -0.15) is 0 Å². The molecule has 0 fully saturated rings. The van der Waals surface area contributed by atoms with Crippen LogP contribution in [-0.2, 0) is 58.9 Å². The topological polar surface area (TPSA) is 174 Å². The summed E-state index contributed by atoms with van der Waals surface area (Å²) in [5.74, 6) is -2.37. The van der Waals surface area contributed by atoms with Crippen LogP contribution >= 0.6 is 0 Å². The van der Waals surface area contributed by atoms with Gasteiger partial charge >= 0.3 is 11.9 Å². The average molecular weight is 633 g/mol. The molecule has 0 spiro atoms. The van der Waals surface area contributed by atoms with E-state index >= 15 is 0 Å². The molecule has 0 saturated heterocycles. The first-order valence-corrected chi connectivity index (χ1v) is 13.8. The second-order valence-corrected chi connectivity index (χ2v) is 9.73. The Bertz CT molecular complexity index is 1000. The van der Waals surface area contributed by atoms with Gasteiger partial charge in [0, 0.05) is 81.9 Å². The molecule has 1 aromatic rings. The summed E-state index contributed by atoms with van der Waals surface area (Å²) < 4.78 is 4.88. The van der Waals surface area contributed by atoms with Crippen molar-refractivity contribution in [2.75, 3.05) is 52.5 Å². The Hall–Kier alpha value is -3.10. The molecule has 0 aromatic carbocycles. The number of fused-ring (bicyclic) bond motifs is 2. The Balaban J connectivity index is 0.00000882. The molecule has 2 heterocycles. The summed E-state index contributed by atoms with van der Waals surface area (Å²) in [6, 6.07) is 5.61. The smallest absolute Gasteiger partial charge is 0.347 e. The van der Waals surface area contributed by atoms with Crippen LogP contribution in [0.25, 0.3) is 0 Å². The van der Waals surface area contributed by atoms with Gasteiger partial charge in [-0.3, -0.25) is 24.4 Å². The van der Waals surface area contributed by atoms with Gasteiger partial charge in [0.05, 0.1) is 17.9 Å². The van der Waals surface area contributed by atoms with Gasteiger partial charge in [0.1, 0.15) is 6.73 Å². The Morgan fingerprint density at radius 1 is 1.12 bits per heavy atom. The van der Waals surface area contributed by atoms with E-state index in [9.17, 15) is 29.4 Å². The molecule has 1 radical (unpaired) electrons. The first-order valence-electron chi connectivity index (χ1n) is 13.8. The Morgan fingerprint density at radius 3 is 2.43 bits per heavy atom. The van der Waals surface area contributed by atoms with Crippen LogP contribution in [0.4, 0.5) is 0 Å². The molecule has 1 amide bonds. The van der Waals surface area contributed by atoms with E-state index < -0.39 is 18.0 Å². The molecule has 42 heavy (non-hydrogen) atoms. The van der Waals surface area contributed by atoms with Crippen molar-refractivity contribution in [3.63, 3.8) is 0 Å². The summed E-state index contributed by atoms with van der Waals surface area (Å²) in [6.07, 6.45) is 2.48. The van der Waals surface area contributed by atoms with E-state index in [1.165, 1.54) is 12.7 Å². The number of ether oxygens (including phenoxy) is 1. The number of pyridine rings is 1. The van der Waals surface area contributed by atoms with Crippen LogP contribution in [0.2, 0.25) is 0 Å². The third-order valence-corrected chi connectivity index (χ3v) is 6.33. The number of hydrogen-bond acceptors (Lipinski definition) is 11. The SMILES string of the molecule is CCC/C=N/OC(CCC(=O)NCCCN1CCN(CO[C-]=O)Cc2cccc(n2)CN(CC(=O)O)CC1)C(=O)O.[Mn]. The molecular formula is C27H41MnN6O8-. The monoisotopic (exact) mass is 632 g/mol. The maximum Gasteiger partial charge on any atom is 0.347 e. The van der Waals surface area contributed by atoms with Crippen molar-refractivity contribution in [3.8, 4) is 0 Å². The van der Waals surface area contributed by atoms with Crippen molar-refractivity contribution in [1.82, 2.24) is 25.0 Å². The van der Waals surface area contributed by atoms with Gasteiger partial charge in [-0.05, 0) is 31.5 Å². The van der Waals surface area contributed by atoms with Crippen LogP contribution < -0.4 is 5.32 Å². The Labute approximate surface area is 256 Å². The molecule has 1 atom stereocenters. The Morgan fingerprint density at radius 2 is 1.79 bits per heavy atom. The maximum atomic E-state index is 12.3. The summed E-state index contributed by atoms with van der Waals surface area (Å²) in [5, 5.41) is 25.2. The number of hydrogen-bond donors (Lipinski definition) is 3. The van der Waals surface area contributed by atoms with E-state index in [1.807, 2.05) is 34.9 Å². The molecule has 1 aliphatic rings. The minimum absolute atomic E-state index is 0. The van der Waals surface area contributed by atoms with Crippen LogP contribution in [0.5, 0.6) is 0 Å². The fourth-order valence-corrected chi connectivity index (χ4v) is 4.18. The molecular weight excluding hydrogens is 591 g/mol. The van der Waals surface area contributed by atoms with Gasteiger partial charge in [0.2, 0.25) is 12.0 Å².